The lowest BCUT2D eigenvalue weighted by Crippen LogP contribution is -2.49. The lowest BCUT2D eigenvalue weighted by Gasteiger charge is -2.30. The summed E-state index contributed by atoms with van der Waals surface area (Å²) in [5, 5.41) is 2.92. The van der Waals surface area contributed by atoms with Gasteiger partial charge in [0, 0.05) is 26.1 Å². The van der Waals surface area contributed by atoms with Crippen LogP contribution in [0.3, 0.4) is 0 Å². The van der Waals surface area contributed by atoms with Crippen LogP contribution in [0, 0.1) is 19.8 Å². The number of aryl methyl sites for hydroxylation is 1. The van der Waals surface area contributed by atoms with E-state index in [-0.39, 0.29) is 24.8 Å². The predicted molar refractivity (Wildman–Crippen MR) is 147 cm³/mol. The standard InChI is InChI=1S/C28H41N3O4S/c1-21(2)20-29-28(33)24(5)30(19-17-25-13-8-7-9-14-25)27(32)16-11-18-31(36(6,34)35)26-15-10-12-22(3)23(26)4/h7-10,12-15,21,24H,11,16-20H2,1-6H3,(H,29,33)/t24-/m0/s1. The molecule has 0 heterocycles. The Morgan fingerprint density at radius 3 is 2.22 bits per heavy atom. The molecule has 0 aliphatic carbocycles. The molecule has 8 heteroatoms. The van der Waals surface area contributed by atoms with Crippen LogP contribution in [-0.4, -0.2) is 57.1 Å². The van der Waals surface area contributed by atoms with E-state index >= 15 is 0 Å². The molecule has 0 aliphatic rings. The molecule has 0 fully saturated rings. The predicted octanol–water partition coefficient (Wildman–Crippen LogP) is 4.08. The summed E-state index contributed by atoms with van der Waals surface area (Å²) in [6.45, 7) is 10.8. The van der Waals surface area contributed by atoms with Gasteiger partial charge in [-0.05, 0) is 62.3 Å². The molecule has 1 atom stereocenters. The maximum absolute atomic E-state index is 13.3. The zero-order valence-corrected chi connectivity index (χ0v) is 23.3. The van der Waals surface area contributed by atoms with Gasteiger partial charge in [-0.25, -0.2) is 8.42 Å². The highest BCUT2D eigenvalue weighted by atomic mass is 32.2. The van der Waals surface area contributed by atoms with Crippen molar-refractivity contribution in [3.05, 3.63) is 65.2 Å². The number of anilines is 1. The monoisotopic (exact) mass is 515 g/mol. The second kappa shape index (κ2) is 13.4. The van der Waals surface area contributed by atoms with E-state index in [0.717, 1.165) is 16.7 Å². The van der Waals surface area contributed by atoms with Crippen molar-refractivity contribution in [3.63, 3.8) is 0 Å². The van der Waals surface area contributed by atoms with Crippen LogP contribution < -0.4 is 9.62 Å². The average Bonchev–Trinajstić information content (AvgIpc) is 2.82. The van der Waals surface area contributed by atoms with Crippen LogP contribution in [0.15, 0.2) is 48.5 Å². The van der Waals surface area contributed by atoms with Crippen molar-refractivity contribution in [2.45, 2.75) is 59.9 Å². The molecule has 0 unspecified atom stereocenters. The molecule has 0 saturated carbocycles. The van der Waals surface area contributed by atoms with E-state index in [9.17, 15) is 18.0 Å². The minimum atomic E-state index is -3.52. The molecule has 7 nitrogen and oxygen atoms in total. The third kappa shape index (κ3) is 8.66. The fraction of sp³-hybridized carbons (Fsp3) is 0.500. The first kappa shape index (κ1) is 29.4. The van der Waals surface area contributed by atoms with Crippen molar-refractivity contribution >= 4 is 27.5 Å². The van der Waals surface area contributed by atoms with Crippen LogP contribution in [0.4, 0.5) is 5.69 Å². The van der Waals surface area contributed by atoms with E-state index in [1.807, 2.05) is 70.2 Å². The van der Waals surface area contributed by atoms with Gasteiger partial charge in [0.1, 0.15) is 6.04 Å². The SMILES string of the molecule is Cc1cccc(N(CCCC(=O)N(CCc2ccccc2)[C@@H](C)C(=O)NCC(C)C)S(C)(=O)=O)c1C. The number of nitrogens with zero attached hydrogens (tertiary/aromatic N) is 2. The third-order valence-electron chi connectivity index (χ3n) is 6.33. The molecule has 0 saturated heterocycles. The van der Waals surface area contributed by atoms with Crippen molar-refractivity contribution in [2.75, 3.05) is 30.2 Å². The second-order valence-electron chi connectivity index (χ2n) is 9.80. The van der Waals surface area contributed by atoms with Gasteiger partial charge in [-0.2, -0.15) is 0 Å². The molecule has 2 aromatic carbocycles. The first-order chi connectivity index (χ1) is 16.9. The van der Waals surface area contributed by atoms with Crippen LogP contribution in [0.5, 0.6) is 0 Å². The summed E-state index contributed by atoms with van der Waals surface area (Å²) in [6.07, 6.45) is 2.31. The average molecular weight is 516 g/mol. The highest BCUT2D eigenvalue weighted by molar-refractivity contribution is 7.92. The Kier molecular flexibility index (Phi) is 11.0. The lowest BCUT2D eigenvalue weighted by atomic mass is 10.1. The molecule has 198 valence electrons. The summed E-state index contributed by atoms with van der Waals surface area (Å²) in [5.41, 5.74) is 3.62. The highest BCUT2D eigenvalue weighted by Gasteiger charge is 2.26. The van der Waals surface area contributed by atoms with Gasteiger partial charge >= 0.3 is 0 Å². The Labute approximate surface area is 216 Å². The smallest absolute Gasteiger partial charge is 0.242 e. The largest absolute Gasteiger partial charge is 0.354 e. The van der Waals surface area contributed by atoms with Gasteiger partial charge in [0.15, 0.2) is 0 Å². The molecule has 1 N–H and O–H groups in total. The number of hydrogen-bond acceptors (Lipinski definition) is 4. The van der Waals surface area contributed by atoms with Crippen molar-refractivity contribution in [2.24, 2.45) is 5.92 Å². The van der Waals surface area contributed by atoms with Crippen molar-refractivity contribution in [1.29, 1.82) is 0 Å². The van der Waals surface area contributed by atoms with Crippen LogP contribution in [-0.2, 0) is 26.0 Å². The maximum atomic E-state index is 13.3. The molecule has 0 aliphatic heterocycles. The Morgan fingerprint density at radius 2 is 1.61 bits per heavy atom. The number of amides is 2. The number of sulfonamides is 1. The van der Waals surface area contributed by atoms with E-state index < -0.39 is 16.1 Å². The Bertz CT molecular complexity index is 1120. The van der Waals surface area contributed by atoms with E-state index in [1.165, 1.54) is 10.6 Å². The summed E-state index contributed by atoms with van der Waals surface area (Å²) >= 11 is 0. The number of hydrogen-bond donors (Lipinski definition) is 1. The summed E-state index contributed by atoms with van der Waals surface area (Å²) < 4.78 is 26.5. The number of rotatable bonds is 13. The van der Waals surface area contributed by atoms with Crippen LogP contribution in [0.2, 0.25) is 0 Å². The fourth-order valence-electron chi connectivity index (χ4n) is 4.01. The van der Waals surface area contributed by atoms with Gasteiger partial charge in [-0.1, -0.05) is 56.3 Å². The highest BCUT2D eigenvalue weighted by Crippen LogP contribution is 2.25. The Hall–Kier alpha value is -2.87. The van der Waals surface area contributed by atoms with Gasteiger partial charge in [-0.15, -0.1) is 0 Å². The third-order valence-corrected chi connectivity index (χ3v) is 7.51. The van der Waals surface area contributed by atoms with Gasteiger partial charge < -0.3 is 10.2 Å². The minimum Gasteiger partial charge on any atom is -0.354 e. The molecule has 2 amide bonds. The van der Waals surface area contributed by atoms with E-state index in [1.54, 1.807) is 17.9 Å². The fourth-order valence-corrected chi connectivity index (χ4v) is 5.03. The second-order valence-corrected chi connectivity index (χ2v) is 11.7. The van der Waals surface area contributed by atoms with E-state index in [2.05, 4.69) is 5.32 Å². The normalized spacial score (nSPS) is 12.3. The molecule has 2 rings (SSSR count). The van der Waals surface area contributed by atoms with Gasteiger partial charge in [0.25, 0.3) is 0 Å². The number of nitrogens with one attached hydrogen (secondary N) is 1. The molecule has 0 spiro atoms. The van der Waals surface area contributed by atoms with E-state index in [0.29, 0.717) is 37.5 Å². The molecule has 2 aromatic rings. The summed E-state index contributed by atoms with van der Waals surface area (Å²) in [7, 11) is -3.52. The molecule has 36 heavy (non-hydrogen) atoms. The molecular formula is C28H41N3O4S. The molecule has 0 radical (unpaired) electrons. The summed E-state index contributed by atoms with van der Waals surface area (Å²) in [6, 6.07) is 14.8. The topological polar surface area (TPSA) is 86.8 Å². The molecule has 0 bridgehead atoms. The molecule has 0 aromatic heterocycles. The summed E-state index contributed by atoms with van der Waals surface area (Å²) in [4.78, 5) is 27.7. The van der Waals surface area contributed by atoms with Crippen molar-refractivity contribution in [3.8, 4) is 0 Å². The first-order valence-electron chi connectivity index (χ1n) is 12.6. The Balaban J connectivity index is 2.13. The quantitative estimate of drug-likeness (QED) is 0.436. The zero-order valence-electron chi connectivity index (χ0n) is 22.5. The Morgan fingerprint density at radius 1 is 0.944 bits per heavy atom. The van der Waals surface area contributed by atoms with Gasteiger partial charge in [-0.3, -0.25) is 13.9 Å². The van der Waals surface area contributed by atoms with Crippen LogP contribution in [0.25, 0.3) is 0 Å². The maximum Gasteiger partial charge on any atom is 0.242 e. The van der Waals surface area contributed by atoms with Gasteiger partial charge in [0.05, 0.1) is 11.9 Å². The number of carbonyl (C=O) groups excluding carboxylic acids is 2. The summed E-state index contributed by atoms with van der Waals surface area (Å²) in [5.74, 6) is -0.0347. The first-order valence-corrected chi connectivity index (χ1v) is 14.4. The van der Waals surface area contributed by atoms with E-state index in [4.69, 9.17) is 0 Å². The van der Waals surface area contributed by atoms with Crippen LogP contribution in [0.1, 0.15) is 50.3 Å². The number of carbonyl (C=O) groups is 2. The lowest BCUT2D eigenvalue weighted by molar-refractivity contribution is -0.140. The van der Waals surface area contributed by atoms with Crippen LogP contribution >= 0.6 is 0 Å². The minimum absolute atomic E-state index is 0.146. The van der Waals surface area contributed by atoms with Crippen molar-refractivity contribution in [1.82, 2.24) is 10.2 Å². The molecular weight excluding hydrogens is 474 g/mol. The number of benzene rings is 2. The van der Waals surface area contributed by atoms with Crippen molar-refractivity contribution < 1.29 is 18.0 Å². The van der Waals surface area contributed by atoms with Gasteiger partial charge in [0.2, 0.25) is 21.8 Å². The zero-order chi connectivity index (χ0) is 26.9.